The van der Waals surface area contributed by atoms with Gasteiger partial charge in [-0.1, -0.05) is 20.3 Å². The van der Waals surface area contributed by atoms with Crippen LogP contribution in [0.5, 0.6) is 0 Å². The van der Waals surface area contributed by atoms with Crippen molar-refractivity contribution >= 4 is 5.97 Å². The summed E-state index contributed by atoms with van der Waals surface area (Å²) in [5.74, 6) is -0.137. The van der Waals surface area contributed by atoms with Gasteiger partial charge in [-0.15, -0.1) is 0 Å². The zero-order valence-electron chi connectivity index (χ0n) is 15.2. The summed E-state index contributed by atoms with van der Waals surface area (Å²) in [6.07, 6.45) is 4.13. The molecule has 0 spiro atoms. The van der Waals surface area contributed by atoms with Crippen molar-refractivity contribution in [1.29, 1.82) is 0 Å². The van der Waals surface area contributed by atoms with Crippen molar-refractivity contribution in [3.8, 4) is 0 Å². The van der Waals surface area contributed by atoms with Crippen molar-refractivity contribution in [2.75, 3.05) is 20.2 Å². The quantitative estimate of drug-likeness (QED) is 0.595. The highest BCUT2D eigenvalue weighted by Crippen LogP contribution is 2.20. The Morgan fingerprint density at radius 1 is 1.19 bits per heavy atom. The number of hydrogen-bond donors (Lipinski definition) is 1. The Morgan fingerprint density at radius 3 is 2.29 bits per heavy atom. The van der Waals surface area contributed by atoms with Crippen molar-refractivity contribution in [3.63, 3.8) is 0 Å². The van der Waals surface area contributed by atoms with Crippen LogP contribution < -0.4 is 5.32 Å². The van der Waals surface area contributed by atoms with E-state index in [4.69, 9.17) is 4.74 Å². The topological polar surface area (TPSA) is 41.6 Å². The van der Waals surface area contributed by atoms with Crippen molar-refractivity contribution in [2.45, 2.75) is 84.8 Å². The highest BCUT2D eigenvalue weighted by atomic mass is 16.5. The molecule has 0 aromatic carbocycles. The van der Waals surface area contributed by atoms with Crippen molar-refractivity contribution in [1.82, 2.24) is 10.2 Å². The van der Waals surface area contributed by atoms with Gasteiger partial charge < -0.3 is 15.0 Å². The van der Waals surface area contributed by atoms with E-state index < -0.39 is 5.54 Å². The molecule has 126 valence electrons. The molecule has 0 heterocycles. The molecule has 0 aliphatic carbocycles. The number of ether oxygens (including phenoxy) is 1. The Balaban J connectivity index is 4.82. The molecule has 21 heavy (non-hydrogen) atoms. The minimum Gasteiger partial charge on any atom is -0.465 e. The standard InChI is InChI=1S/C17H36N2O2/c1-8-11-14(4)19(7)15(5)13-17(6,18-12-9-2)16(20)21-10-3/h14-15,18H,8-13H2,1-7H3. The lowest BCUT2D eigenvalue weighted by Crippen LogP contribution is -2.54. The second-order valence-corrected chi connectivity index (χ2v) is 6.34. The Bertz CT molecular complexity index is 297. The van der Waals surface area contributed by atoms with Crippen LogP contribution in [0, 0.1) is 0 Å². The number of hydrogen-bond acceptors (Lipinski definition) is 4. The van der Waals surface area contributed by atoms with E-state index in [1.54, 1.807) is 0 Å². The summed E-state index contributed by atoms with van der Waals surface area (Å²) in [4.78, 5) is 14.7. The third-order valence-corrected chi connectivity index (χ3v) is 4.29. The molecule has 0 radical (unpaired) electrons. The van der Waals surface area contributed by atoms with Crippen LogP contribution in [0.3, 0.4) is 0 Å². The van der Waals surface area contributed by atoms with E-state index >= 15 is 0 Å². The zero-order chi connectivity index (χ0) is 16.5. The van der Waals surface area contributed by atoms with Crippen LogP contribution in [0.15, 0.2) is 0 Å². The van der Waals surface area contributed by atoms with Gasteiger partial charge in [-0.25, -0.2) is 0 Å². The first-order valence-corrected chi connectivity index (χ1v) is 8.46. The number of esters is 1. The summed E-state index contributed by atoms with van der Waals surface area (Å²) >= 11 is 0. The molecule has 4 nitrogen and oxygen atoms in total. The van der Waals surface area contributed by atoms with Gasteiger partial charge in [-0.05, 0) is 60.5 Å². The molecule has 0 saturated carbocycles. The Kier molecular flexibility index (Phi) is 9.88. The monoisotopic (exact) mass is 300 g/mol. The summed E-state index contributed by atoms with van der Waals surface area (Å²) in [6, 6.07) is 0.855. The normalized spacial score (nSPS) is 17.3. The van der Waals surface area contributed by atoms with Gasteiger partial charge in [-0.3, -0.25) is 4.79 Å². The van der Waals surface area contributed by atoms with E-state index in [1.807, 2.05) is 13.8 Å². The number of nitrogens with zero attached hydrogens (tertiary/aromatic N) is 1. The van der Waals surface area contributed by atoms with E-state index in [9.17, 15) is 4.79 Å². The van der Waals surface area contributed by atoms with Gasteiger partial charge in [-0.2, -0.15) is 0 Å². The minimum atomic E-state index is -0.606. The Morgan fingerprint density at radius 2 is 1.81 bits per heavy atom. The van der Waals surface area contributed by atoms with Gasteiger partial charge in [0.25, 0.3) is 0 Å². The van der Waals surface area contributed by atoms with E-state index in [-0.39, 0.29) is 5.97 Å². The maximum absolute atomic E-state index is 12.3. The van der Waals surface area contributed by atoms with E-state index in [0.717, 1.165) is 19.4 Å². The molecule has 1 N–H and O–H groups in total. The highest BCUT2D eigenvalue weighted by Gasteiger charge is 2.36. The molecule has 0 saturated heterocycles. The van der Waals surface area contributed by atoms with E-state index in [2.05, 4.69) is 45.0 Å². The number of nitrogens with one attached hydrogen (secondary N) is 1. The van der Waals surface area contributed by atoms with Gasteiger partial charge in [0.15, 0.2) is 0 Å². The second-order valence-electron chi connectivity index (χ2n) is 6.34. The number of rotatable bonds is 11. The van der Waals surface area contributed by atoms with Gasteiger partial charge >= 0.3 is 5.97 Å². The first-order chi connectivity index (χ1) is 9.82. The average Bonchev–Trinajstić information content (AvgIpc) is 2.44. The molecule has 0 aliphatic heterocycles. The summed E-state index contributed by atoms with van der Waals surface area (Å²) in [6.45, 7) is 13.8. The van der Waals surface area contributed by atoms with Crippen LogP contribution in [0.1, 0.15) is 67.2 Å². The maximum atomic E-state index is 12.3. The van der Waals surface area contributed by atoms with Crippen LogP contribution in [-0.2, 0) is 9.53 Å². The fourth-order valence-corrected chi connectivity index (χ4v) is 2.71. The lowest BCUT2D eigenvalue weighted by Gasteiger charge is -2.37. The second kappa shape index (κ2) is 10.2. The first-order valence-electron chi connectivity index (χ1n) is 8.46. The number of carbonyl (C=O) groups excluding carboxylic acids is 1. The van der Waals surface area contributed by atoms with Gasteiger partial charge in [0.1, 0.15) is 5.54 Å². The predicted octanol–water partition coefficient (Wildman–Crippen LogP) is 3.21. The minimum absolute atomic E-state index is 0.137. The molecule has 0 fully saturated rings. The molecular weight excluding hydrogens is 264 g/mol. The highest BCUT2D eigenvalue weighted by molar-refractivity contribution is 5.80. The molecule has 3 unspecified atom stereocenters. The molecule has 4 heteroatoms. The number of carbonyl (C=O) groups is 1. The van der Waals surface area contributed by atoms with E-state index in [0.29, 0.717) is 18.7 Å². The van der Waals surface area contributed by atoms with Crippen molar-refractivity contribution in [3.05, 3.63) is 0 Å². The van der Waals surface area contributed by atoms with Crippen LogP contribution >= 0.6 is 0 Å². The van der Waals surface area contributed by atoms with Crippen molar-refractivity contribution in [2.24, 2.45) is 0 Å². The third kappa shape index (κ3) is 6.79. The van der Waals surface area contributed by atoms with Crippen LogP contribution in [-0.4, -0.2) is 48.7 Å². The molecule has 0 bridgehead atoms. The average molecular weight is 300 g/mol. The maximum Gasteiger partial charge on any atom is 0.326 e. The van der Waals surface area contributed by atoms with Gasteiger partial charge in [0.2, 0.25) is 0 Å². The fourth-order valence-electron chi connectivity index (χ4n) is 2.71. The van der Waals surface area contributed by atoms with Crippen molar-refractivity contribution < 1.29 is 9.53 Å². The SMILES string of the molecule is CCCNC(C)(CC(C)N(C)C(C)CCC)C(=O)OCC. The Hall–Kier alpha value is -0.610. The first kappa shape index (κ1) is 20.4. The molecule has 0 aliphatic rings. The van der Waals surface area contributed by atoms with E-state index in [1.165, 1.54) is 12.8 Å². The zero-order valence-corrected chi connectivity index (χ0v) is 15.2. The van der Waals surface area contributed by atoms with Crippen LogP contribution in [0.2, 0.25) is 0 Å². The Labute approximate surface area is 131 Å². The lowest BCUT2D eigenvalue weighted by molar-refractivity contribution is -0.151. The smallest absolute Gasteiger partial charge is 0.326 e. The van der Waals surface area contributed by atoms with Crippen LogP contribution in [0.4, 0.5) is 0 Å². The summed E-state index contributed by atoms with van der Waals surface area (Å²) in [7, 11) is 2.15. The van der Waals surface area contributed by atoms with Crippen LogP contribution in [0.25, 0.3) is 0 Å². The lowest BCUT2D eigenvalue weighted by atomic mass is 9.92. The summed E-state index contributed by atoms with van der Waals surface area (Å²) in [5, 5.41) is 3.39. The molecular formula is C17H36N2O2. The molecule has 0 amide bonds. The predicted molar refractivity (Wildman–Crippen MR) is 89.5 cm³/mol. The fraction of sp³-hybridized carbons (Fsp3) is 0.941. The molecule has 0 aromatic heterocycles. The molecule has 0 aromatic rings. The van der Waals surface area contributed by atoms with Gasteiger partial charge in [0, 0.05) is 12.1 Å². The largest absolute Gasteiger partial charge is 0.465 e. The molecule has 3 atom stereocenters. The third-order valence-electron chi connectivity index (χ3n) is 4.29. The summed E-state index contributed by atoms with van der Waals surface area (Å²) in [5.41, 5.74) is -0.606. The molecule has 0 rings (SSSR count). The van der Waals surface area contributed by atoms with Gasteiger partial charge in [0.05, 0.1) is 6.61 Å². The summed E-state index contributed by atoms with van der Waals surface area (Å²) < 4.78 is 5.27.